The molecular formula is C21H22N2O4. The molecule has 0 saturated heterocycles. The first-order chi connectivity index (χ1) is 13.1. The Morgan fingerprint density at radius 2 is 1.81 bits per heavy atom. The third-order valence-electron chi connectivity index (χ3n) is 3.91. The maximum Gasteiger partial charge on any atom is 0.306 e. The van der Waals surface area contributed by atoms with Gasteiger partial charge in [0.15, 0.2) is 0 Å². The second kappa shape index (κ2) is 8.98. The van der Waals surface area contributed by atoms with Crippen LogP contribution in [-0.4, -0.2) is 29.4 Å². The molecule has 2 aromatic carbocycles. The van der Waals surface area contributed by atoms with Gasteiger partial charge >= 0.3 is 5.97 Å². The topological polar surface area (TPSA) is 74.5 Å². The molecule has 6 nitrogen and oxygen atoms in total. The maximum absolute atomic E-state index is 11.8. The molecule has 1 heterocycles. The molecule has 0 aliphatic rings. The van der Waals surface area contributed by atoms with Crippen LogP contribution in [0.25, 0.3) is 11.5 Å². The van der Waals surface area contributed by atoms with Gasteiger partial charge in [-0.15, -0.1) is 10.2 Å². The molecule has 0 aliphatic heterocycles. The van der Waals surface area contributed by atoms with Gasteiger partial charge < -0.3 is 13.9 Å². The van der Waals surface area contributed by atoms with Crippen molar-refractivity contribution in [2.45, 2.75) is 26.7 Å². The highest BCUT2D eigenvalue weighted by atomic mass is 16.6. The Bertz CT molecular complexity index is 887. The van der Waals surface area contributed by atoms with Crippen LogP contribution in [0.15, 0.2) is 52.9 Å². The minimum absolute atomic E-state index is 0.181. The average Bonchev–Trinajstić information content (AvgIpc) is 3.13. The number of benzene rings is 2. The van der Waals surface area contributed by atoms with Crippen LogP contribution in [0.1, 0.15) is 23.4 Å². The summed E-state index contributed by atoms with van der Waals surface area (Å²) in [6.07, 6.45) is 0.524. The van der Waals surface area contributed by atoms with Crippen molar-refractivity contribution in [1.29, 1.82) is 0 Å². The summed E-state index contributed by atoms with van der Waals surface area (Å²) in [5.74, 6) is 1.31. The highest BCUT2D eigenvalue weighted by molar-refractivity contribution is 5.69. The highest BCUT2D eigenvalue weighted by Crippen LogP contribution is 2.18. The number of hydrogen-bond acceptors (Lipinski definition) is 6. The number of nitrogens with zero attached hydrogens (tertiary/aromatic N) is 2. The van der Waals surface area contributed by atoms with Gasteiger partial charge in [0.2, 0.25) is 11.8 Å². The number of aromatic nitrogens is 2. The van der Waals surface area contributed by atoms with Crippen LogP contribution in [0.5, 0.6) is 5.75 Å². The van der Waals surface area contributed by atoms with Crippen molar-refractivity contribution in [3.05, 3.63) is 65.5 Å². The number of esters is 1. The molecule has 0 unspecified atom stereocenters. The van der Waals surface area contributed by atoms with E-state index in [-0.39, 0.29) is 19.0 Å². The molecule has 1 aromatic heterocycles. The maximum atomic E-state index is 11.8. The summed E-state index contributed by atoms with van der Waals surface area (Å²) < 4.78 is 16.3. The lowest BCUT2D eigenvalue weighted by molar-refractivity contribution is -0.144. The van der Waals surface area contributed by atoms with Crippen molar-refractivity contribution in [3.8, 4) is 17.2 Å². The first-order valence-electron chi connectivity index (χ1n) is 8.85. The van der Waals surface area contributed by atoms with E-state index in [0.29, 0.717) is 24.8 Å². The predicted molar refractivity (Wildman–Crippen MR) is 100 cm³/mol. The Balaban J connectivity index is 1.38. The normalized spacial score (nSPS) is 10.6. The fourth-order valence-corrected chi connectivity index (χ4v) is 2.47. The lowest BCUT2D eigenvalue weighted by Gasteiger charge is -2.07. The molecule has 0 radical (unpaired) electrons. The first kappa shape index (κ1) is 18.6. The SMILES string of the molecule is Cc1ccc(-c2nnc(CCC(=O)OCCOc3cccc(C)c3)o2)cc1. The van der Waals surface area contributed by atoms with Crippen LogP contribution < -0.4 is 4.74 Å². The number of rotatable bonds is 8. The van der Waals surface area contributed by atoms with Crippen molar-refractivity contribution in [2.24, 2.45) is 0 Å². The lowest BCUT2D eigenvalue weighted by atomic mass is 10.1. The van der Waals surface area contributed by atoms with E-state index >= 15 is 0 Å². The zero-order valence-corrected chi connectivity index (χ0v) is 15.5. The molecule has 27 heavy (non-hydrogen) atoms. The molecule has 3 rings (SSSR count). The van der Waals surface area contributed by atoms with Gasteiger partial charge in [0, 0.05) is 12.0 Å². The monoisotopic (exact) mass is 366 g/mol. The van der Waals surface area contributed by atoms with Gasteiger partial charge in [0.25, 0.3) is 0 Å². The molecule has 0 saturated carbocycles. The van der Waals surface area contributed by atoms with Crippen molar-refractivity contribution in [3.63, 3.8) is 0 Å². The van der Waals surface area contributed by atoms with Crippen LogP contribution >= 0.6 is 0 Å². The Hall–Kier alpha value is -3.15. The minimum Gasteiger partial charge on any atom is -0.490 e. The van der Waals surface area contributed by atoms with E-state index in [9.17, 15) is 4.79 Å². The van der Waals surface area contributed by atoms with E-state index in [1.165, 1.54) is 0 Å². The Morgan fingerprint density at radius 3 is 2.59 bits per heavy atom. The fourth-order valence-electron chi connectivity index (χ4n) is 2.47. The van der Waals surface area contributed by atoms with Crippen LogP contribution in [-0.2, 0) is 16.0 Å². The molecule has 6 heteroatoms. The zero-order chi connectivity index (χ0) is 19.1. The second-order valence-electron chi connectivity index (χ2n) is 6.25. The number of ether oxygens (including phenoxy) is 2. The van der Waals surface area contributed by atoms with Crippen molar-refractivity contribution >= 4 is 5.97 Å². The van der Waals surface area contributed by atoms with Gasteiger partial charge in [-0.3, -0.25) is 4.79 Å². The summed E-state index contributed by atoms with van der Waals surface area (Å²) in [4.78, 5) is 11.8. The molecule has 0 atom stereocenters. The summed E-state index contributed by atoms with van der Waals surface area (Å²) in [7, 11) is 0. The van der Waals surface area contributed by atoms with Crippen LogP contribution in [0.3, 0.4) is 0 Å². The van der Waals surface area contributed by atoms with Gasteiger partial charge in [-0.2, -0.15) is 0 Å². The number of carbonyl (C=O) groups excluding carboxylic acids is 1. The minimum atomic E-state index is -0.321. The van der Waals surface area contributed by atoms with E-state index < -0.39 is 0 Å². The quantitative estimate of drug-likeness (QED) is 0.444. The molecule has 0 spiro atoms. The van der Waals surface area contributed by atoms with Crippen molar-refractivity contribution in [2.75, 3.05) is 13.2 Å². The third-order valence-corrected chi connectivity index (χ3v) is 3.91. The van der Waals surface area contributed by atoms with Crippen LogP contribution in [0.2, 0.25) is 0 Å². The molecule has 3 aromatic rings. The van der Waals surface area contributed by atoms with Crippen LogP contribution in [0, 0.1) is 13.8 Å². The molecule has 0 amide bonds. The van der Waals surface area contributed by atoms with Crippen molar-refractivity contribution < 1.29 is 18.7 Å². The average molecular weight is 366 g/mol. The van der Waals surface area contributed by atoms with E-state index in [0.717, 1.165) is 22.4 Å². The lowest BCUT2D eigenvalue weighted by Crippen LogP contribution is -2.12. The summed E-state index contributed by atoms with van der Waals surface area (Å²) in [5, 5.41) is 8.00. The second-order valence-corrected chi connectivity index (χ2v) is 6.25. The van der Waals surface area contributed by atoms with E-state index in [1.54, 1.807) is 0 Å². The van der Waals surface area contributed by atoms with Gasteiger partial charge in [-0.05, 0) is 43.7 Å². The molecule has 0 aliphatic carbocycles. The highest BCUT2D eigenvalue weighted by Gasteiger charge is 2.11. The zero-order valence-electron chi connectivity index (χ0n) is 15.5. The summed E-state index contributed by atoms with van der Waals surface area (Å²) in [5.41, 5.74) is 3.14. The molecular weight excluding hydrogens is 344 g/mol. The summed E-state index contributed by atoms with van der Waals surface area (Å²) in [6, 6.07) is 15.5. The standard InChI is InChI=1S/C21H22N2O4/c1-15-6-8-17(9-7-15)21-23-22-19(27-21)10-11-20(24)26-13-12-25-18-5-3-4-16(2)14-18/h3-9,14H,10-13H2,1-2H3. The van der Waals surface area contributed by atoms with Gasteiger partial charge in [-0.1, -0.05) is 29.8 Å². The molecule has 140 valence electrons. The fraction of sp³-hybridized carbons (Fsp3) is 0.286. The van der Waals surface area contributed by atoms with Gasteiger partial charge in [0.1, 0.15) is 19.0 Å². The van der Waals surface area contributed by atoms with E-state index in [2.05, 4.69) is 10.2 Å². The summed E-state index contributed by atoms with van der Waals surface area (Å²) in [6.45, 7) is 4.52. The molecule has 0 fully saturated rings. The van der Waals surface area contributed by atoms with Gasteiger partial charge in [-0.25, -0.2) is 0 Å². The smallest absolute Gasteiger partial charge is 0.306 e. The van der Waals surface area contributed by atoms with E-state index in [1.807, 2.05) is 62.4 Å². The Kier molecular flexibility index (Phi) is 6.20. The van der Waals surface area contributed by atoms with Gasteiger partial charge in [0.05, 0.1) is 6.42 Å². The number of hydrogen-bond donors (Lipinski definition) is 0. The summed E-state index contributed by atoms with van der Waals surface area (Å²) >= 11 is 0. The number of carbonyl (C=O) groups is 1. The first-order valence-corrected chi connectivity index (χ1v) is 8.85. The Labute approximate surface area is 158 Å². The Morgan fingerprint density at radius 1 is 1.00 bits per heavy atom. The molecule has 0 N–H and O–H groups in total. The van der Waals surface area contributed by atoms with E-state index in [4.69, 9.17) is 13.9 Å². The largest absolute Gasteiger partial charge is 0.490 e. The predicted octanol–water partition coefficient (Wildman–Crippen LogP) is 3.91. The van der Waals surface area contributed by atoms with Crippen molar-refractivity contribution in [1.82, 2.24) is 10.2 Å². The number of aryl methyl sites for hydroxylation is 3. The molecule has 0 bridgehead atoms. The van der Waals surface area contributed by atoms with Crippen LogP contribution in [0.4, 0.5) is 0 Å². The third kappa shape index (κ3) is 5.67.